The lowest BCUT2D eigenvalue weighted by molar-refractivity contribution is 0.847. The van der Waals surface area contributed by atoms with E-state index in [4.69, 9.17) is 9.97 Å². The highest BCUT2D eigenvalue weighted by molar-refractivity contribution is 8.07. The van der Waals surface area contributed by atoms with Gasteiger partial charge in [0.25, 0.3) is 0 Å². The van der Waals surface area contributed by atoms with E-state index in [1.54, 1.807) is 0 Å². The summed E-state index contributed by atoms with van der Waals surface area (Å²) in [4.78, 5) is 9.72. The predicted octanol–water partition coefficient (Wildman–Crippen LogP) is 3.95. The van der Waals surface area contributed by atoms with E-state index >= 15 is 0 Å². The zero-order chi connectivity index (χ0) is 14.1. The molecule has 3 atom stereocenters. The molecule has 0 aromatic carbocycles. The molecule has 20 heavy (non-hydrogen) atoms. The molecule has 0 radical (unpaired) electrons. The van der Waals surface area contributed by atoms with Gasteiger partial charge in [-0.2, -0.15) is 23.5 Å². The summed E-state index contributed by atoms with van der Waals surface area (Å²) in [7, 11) is 0. The van der Waals surface area contributed by atoms with Gasteiger partial charge in [-0.3, -0.25) is 0 Å². The zero-order valence-corrected chi connectivity index (χ0v) is 14.6. The molecule has 3 unspecified atom stereocenters. The van der Waals surface area contributed by atoms with Crippen LogP contribution in [-0.2, 0) is 11.5 Å². The van der Waals surface area contributed by atoms with E-state index in [0.717, 1.165) is 40.7 Å². The van der Waals surface area contributed by atoms with Gasteiger partial charge in [-0.15, -0.1) is 11.8 Å². The van der Waals surface area contributed by atoms with Crippen molar-refractivity contribution in [1.82, 2.24) is 9.97 Å². The van der Waals surface area contributed by atoms with Crippen molar-refractivity contribution in [2.45, 2.75) is 48.0 Å². The molecule has 0 amide bonds. The first-order valence-electron chi connectivity index (χ1n) is 7.17. The van der Waals surface area contributed by atoms with Crippen molar-refractivity contribution in [2.24, 2.45) is 0 Å². The highest BCUT2D eigenvalue weighted by Gasteiger charge is 2.30. The van der Waals surface area contributed by atoms with Crippen LogP contribution in [0.1, 0.15) is 43.1 Å². The average Bonchev–Trinajstić information content (AvgIpc) is 2.90. The van der Waals surface area contributed by atoms with Crippen LogP contribution in [0.3, 0.4) is 0 Å². The van der Waals surface area contributed by atoms with Crippen molar-refractivity contribution in [3.8, 4) is 0 Å². The molecule has 1 aromatic rings. The van der Waals surface area contributed by atoms with E-state index in [9.17, 15) is 0 Å². The molecule has 0 aliphatic carbocycles. The molecular formula is C14H21N3S3. The van der Waals surface area contributed by atoms with Crippen LogP contribution in [0.5, 0.6) is 0 Å². The first kappa shape index (κ1) is 14.9. The number of rotatable bonds is 3. The maximum Gasteiger partial charge on any atom is 0.144 e. The molecule has 6 heteroatoms. The topological polar surface area (TPSA) is 37.8 Å². The minimum atomic E-state index is 0.444. The Bertz CT molecular complexity index is 495. The number of fused-ring (bicyclic) bond motifs is 1. The zero-order valence-electron chi connectivity index (χ0n) is 12.2. The van der Waals surface area contributed by atoms with Gasteiger partial charge in [0.05, 0.1) is 10.9 Å². The lowest BCUT2D eigenvalue weighted by atomic mass is 10.2. The first-order chi connectivity index (χ1) is 9.69. The van der Waals surface area contributed by atoms with E-state index in [1.165, 1.54) is 11.3 Å². The molecule has 1 saturated heterocycles. The number of nitrogens with zero attached hydrogens (tertiary/aromatic N) is 2. The van der Waals surface area contributed by atoms with Gasteiger partial charge in [0.15, 0.2) is 0 Å². The second kappa shape index (κ2) is 6.36. The Balaban J connectivity index is 1.88. The van der Waals surface area contributed by atoms with Gasteiger partial charge in [0.1, 0.15) is 11.6 Å². The quantitative estimate of drug-likeness (QED) is 0.906. The monoisotopic (exact) mass is 327 g/mol. The molecule has 1 N–H and O–H groups in total. The highest BCUT2D eigenvalue weighted by atomic mass is 32.2. The molecule has 0 bridgehead atoms. The third kappa shape index (κ3) is 2.92. The fourth-order valence-corrected chi connectivity index (χ4v) is 6.33. The Morgan fingerprint density at radius 1 is 1.20 bits per heavy atom. The smallest absolute Gasteiger partial charge is 0.144 e. The second-order valence-electron chi connectivity index (χ2n) is 5.25. The van der Waals surface area contributed by atoms with E-state index in [1.807, 2.05) is 23.5 Å². The summed E-state index contributed by atoms with van der Waals surface area (Å²) in [6.07, 6.45) is 0. The number of anilines is 1. The highest BCUT2D eigenvalue weighted by Crippen LogP contribution is 2.44. The molecule has 2 aliphatic rings. The number of hydrogen-bond acceptors (Lipinski definition) is 6. The summed E-state index contributed by atoms with van der Waals surface area (Å²) < 4.78 is 0. The third-order valence-electron chi connectivity index (χ3n) is 3.78. The van der Waals surface area contributed by atoms with Crippen LogP contribution in [0.4, 0.5) is 5.82 Å². The summed E-state index contributed by atoms with van der Waals surface area (Å²) in [6.45, 7) is 7.70. The fraction of sp³-hybridized carbons (Fsp3) is 0.714. The standard InChI is InChI=1S/C14H21N3S3/c1-4-15-13-10-5-18-6-11(10)16-14(17-13)12-7-19-8(2)9(3)20-12/h8-9,12H,4-7H2,1-3H3,(H,15,16,17). The normalized spacial score (nSPS) is 29.2. The summed E-state index contributed by atoms with van der Waals surface area (Å²) in [5.74, 6) is 5.35. The maximum absolute atomic E-state index is 4.87. The summed E-state index contributed by atoms with van der Waals surface area (Å²) in [6, 6.07) is 0. The van der Waals surface area contributed by atoms with Crippen molar-refractivity contribution in [1.29, 1.82) is 0 Å². The van der Waals surface area contributed by atoms with Gasteiger partial charge in [0.2, 0.25) is 0 Å². The third-order valence-corrected chi connectivity index (χ3v) is 8.13. The number of nitrogens with one attached hydrogen (secondary N) is 1. The lowest BCUT2D eigenvalue weighted by Gasteiger charge is -2.30. The number of hydrogen-bond donors (Lipinski definition) is 1. The molecule has 1 aromatic heterocycles. The molecular weight excluding hydrogens is 306 g/mol. The molecule has 3 nitrogen and oxygen atoms in total. The van der Waals surface area contributed by atoms with Crippen LogP contribution >= 0.6 is 35.3 Å². The van der Waals surface area contributed by atoms with Crippen molar-refractivity contribution in [3.05, 3.63) is 17.1 Å². The number of thioether (sulfide) groups is 3. The minimum Gasteiger partial charge on any atom is -0.370 e. The molecule has 1 fully saturated rings. The largest absolute Gasteiger partial charge is 0.370 e. The van der Waals surface area contributed by atoms with Gasteiger partial charge in [-0.05, 0) is 6.92 Å². The van der Waals surface area contributed by atoms with Crippen LogP contribution in [0, 0.1) is 0 Å². The van der Waals surface area contributed by atoms with Crippen LogP contribution in [0.2, 0.25) is 0 Å². The molecule has 3 rings (SSSR count). The van der Waals surface area contributed by atoms with Crippen molar-refractivity contribution >= 4 is 41.1 Å². The average molecular weight is 328 g/mol. The molecule has 2 aliphatic heterocycles. The summed E-state index contributed by atoms with van der Waals surface area (Å²) in [5.41, 5.74) is 2.59. The Kier molecular flexibility index (Phi) is 4.72. The molecule has 3 heterocycles. The maximum atomic E-state index is 4.87. The van der Waals surface area contributed by atoms with Gasteiger partial charge in [-0.25, -0.2) is 9.97 Å². The molecule has 0 saturated carbocycles. The van der Waals surface area contributed by atoms with Gasteiger partial charge in [-0.1, -0.05) is 13.8 Å². The van der Waals surface area contributed by atoms with E-state index in [0.29, 0.717) is 10.5 Å². The summed E-state index contributed by atoms with van der Waals surface area (Å²) in [5, 5.41) is 5.28. The Labute approximate surface area is 133 Å². The van der Waals surface area contributed by atoms with Crippen LogP contribution in [0.15, 0.2) is 0 Å². The van der Waals surface area contributed by atoms with Gasteiger partial charge < -0.3 is 5.32 Å². The Morgan fingerprint density at radius 2 is 2.05 bits per heavy atom. The van der Waals surface area contributed by atoms with E-state index < -0.39 is 0 Å². The van der Waals surface area contributed by atoms with Crippen LogP contribution in [0.25, 0.3) is 0 Å². The SMILES string of the molecule is CCNc1nc(C2CSC(C)C(C)S2)nc2c1CSC2. The summed E-state index contributed by atoms with van der Waals surface area (Å²) >= 11 is 6.04. The molecule has 0 spiro atoms. The second-order valence-corrected chi connectivity index (χ2v) is 9.23. The Morgan fingerprint density at radius 3 is 2.80 bits per heavy atom. The minimum absolute atomic E-state index is 0.444. The van der Waals surface area contributed by atoms with Crippen molar-refractivity contribution in [3.63, 3.8) is 0 Å². The number of aromatic nitrogens is 2. The van der Waals surface area contributed by atoms with Crippen LogP contribution in [-0.4, -0.2) is 32.8 Å². The predicted molar refractivity (Wildman–Crippen MR) is 92.9 cm³/mol. The Hall–Kier alpha value is -0.0700. The first-order valence-corrected chi connectivity index (χ1v) is 10.3. The van der Waals surface area contributed by atoms with Crippen molar-refractivity contribution < 1.29 is 0 Å². The van der Waals surface area contributed by atoms with Crippen molar-refractivity contribution in [2.75, 3.05) is 17.6 Å². The van der Waals surface area contributed by atoms with E-state index in [2.05, 4.69) is 37.8 Å². The lowest BCUT2D eigenvalue weighted by Crippen LogP contribution is -2.23. The molecule has 110 valence electrons. The van der Waals surface area contributed by atoms with Gasteiger partial charge in [0, 0.05) is 39.9 Å². The van der Waals surface area contributed by atoms with E-state index in [-0.39, 0.29) is 0 Å². The van der Waals surface area contributed by atoms with Gasteiger partial charge >= 0.3 is 0 Å². The van der Waals surface area contributed by atoms with Crippen LogP contribution < -0.4 is 5.32 Å². The fourth-order valence-electron chi connectivity index (χ4n) is 2.45.